The van der Waals surface area contributed by atoms with Crippen molar-refractivity contribution in [1.29, 1.82) is 0 Å². The molecule has 118 valence electrons. The van der Waals surface area contributed by atoms with Gasteiger partial charge in [0.25, 0.3) is 0 Å². The Morgan fingerprint density at radius 2 is 2.30 bits per heavy atom. The SMILES string of the molecule is CCCNC1(C(=O)O)CCCC1CCSCC(C)CO. The molecule has 0 amide bonds. The first-order valence-electron chi connectivity index (χ1n) is 7.73. The van der Waals surface area contributed by atoms with E-state index >= 15 is 0 Å². The van der Waals surface area contributed by atoms with E-state index in [1.807, 2.05) is 18.7 Å². The van der Waals surface area contributed by atoms with Gasteiger partial charge < -0.3 is 15.5 Å². The van der Waals surface area contributed by atoms with Crippen molar-refractivity contribution in [2.24, 2.45) is 11.8 Å². The minimum absolute atomic E-state index is 0.230. The van der Waals surface area contributed by atoms with Crippen molar-refractivity contribution >= 4 is 17.7 Å². The van der Waals surface area contributed by atoms with E-state index in [2.05, 4.69) is 12.2 Å². The van der Waals surface area contributed by atoms with E-state index in [1.54, 1.807) is 0 Å². The monoisotopic (exact) mass is 303 g/mol. The number of aliphatic hydroxyl groups excluding tert-OH is 1. The van der Waals surface area contributed by atoms with Crippen LogP contribution in [-0.4, -0.2) is 46.4 Å². The lowest BCUT2D eigenvalue weighted by molar-refractivity contribution is -0.146. The summed E-state index contributed by atoms with van der Waals surface area (Å²) in [5, 5.41) is 21.9. The maximum Gasteiger partial charge on any atom is 0.324 e. The van der Waals surface area contributed by atoms with Crippen molar-refractivity contribution in [3.63, 3.8) is 0 Å². The van der Waals surface area contributed by atoms with Gasteiger partial charge in [-0.2, -0.15) is 11.8 Å². The highest BCUT2D eigenvalue weighted by molar-refractivity contribution is 7.99. The Bertz CT molecular complexity index is 301. The molecule has 3 N–H and O–H groups in total. The van der Waals surface area contributed by atoms with E-state index in [9.17, 15) is 9.90 Å². The summed E-state index contributed by atoms with van der Waals surface area (Å²) in [5.41, 5.74) is -0.695. The molecule has 0 radical (unpaired) electrons. The molecule has 3 atom stereocenters. The molecule has 1 aliphatic carbocycles. The number of hydrogen-bond donors (Lipinski definition) is 3. The molecule has 0 aromatic rings. The summed E-state index contributed by atoms with van der Waals surface area (Å²) in [4.78, 5) is 11.7. The Kier molecular flexibility index (Phi) is 7.92. The van der Waals surface area contributed by atoms with Crippen LogP contribution in [0.5, 0.6) is 0 Å². The minimum Gasteiger partial charge on any atom is -0.480 e. The van der Waals surface area contributed by atoms with Crippen LogP contribution in [0.25, 0.3) is 0 Å². The summed E-state index contributed by atoms with van der Waals surface area (Å²) in [7, 11) is 0. The van der Waals surface area contributed by atoms with Crippen molar-refractivity contribution in [2.75, 3.05) is 24.7 Å². The van der Waals surface area contributed by atoms with Crippen LogP contribution in [0.4, 0.5) is 0 Å². The summed E-state index contributed by atoms with van der Waals surface area (Å²) in [6.45, 7) is 5.11. The lowest BCUT2D eigenvalue weighted by Crippen LogP contribution is -2.55. The minimum atomic E-state index is -0.695. The van der Waals surface area contributed by atoms with Crippen LogP contribution in [0.15, 0.2) is 0 Å². The van der Waals surface area contributed by atoms with Gasteiger partial charge in [0.2, 0.25) is 0 Å². The molecule has 0 heterocycles. The number of carboxylic acid groups (broad SMARTS) is 1. The number of carboxylic acids is 1. The zero-order valence-corrected chi connectivity index (χ0v) is 13.5. The highest BCUT2D eigenvalue weighted by atomic mass is 32.2. The topological polar surface area (TPSA) is 69.6 Å². The largest absolute Gasteiger partial charge is 0.480 e. The Balaban J connectivity index is 2.47. The van der Waals surface area contributed by atoms with Crippen LogP contribution in [0.1, 0.15) is 46.0 Å². The molecule has 4 nitrogen and oxygen atoms in total. The van der Waals surface area contributed by atoms with Crippen LogP contribution < -0.4 is 5.32 Å². The molecule has 1 rings (SSSR count). The molecule has 0 spiro atoms. The highest BCUT2D eigenvalue weighted by Crippen LogP contribution is 2.39. The van der Waals surface area contributed by atoms with Gasteiger partial charge >= 0.3 is 5.97 Å². The van der Waals surface area contributed by atoms with E-state index in [0.29, 0.717) is 5.92 Å². The first-order chi connectivity index (χ1) is 9.56. The first-order valence-corrected chi connectivity index (χ1v) is 8.89. The zero-order valence-electron chi connectivity index (χ0n) is 12.7. The van der Waals surface area contributed by atoms with Crippen LogP contribution in [0.2, 0.25) is 0 Å². The van der Waals surface area contributed by atoms with Gasteiger partial charge in [-0.15, -0.1) is 0 Å². The van der Waals surface area contributed by atoms with Crippen LogP contribution in [0.3, 0.4) is 0 Å². The molecule has 5 heteroatoms. The van der Waals surface area contributed by atoms with Gasteiger partial charge in [0.1, 0.15) is 5.54 Å². The number of hydrogen-bond acceptors (Lipinski definition) is 4. The van der Waals surface area contributed by atoms with E-state index < -0.39 is 11.5 Å². The maximum atomic E-state index is 11.7. The number of thioether (sulfide) groups is 1. The molecular formula is C15H29NO3S. The highest BCUT2D eigenvalue weighted by Gasteiger charge is 2.48. The Morgan fingerprint density at radius 1 is 1.55 bits per heavy atom. The van der Waals surface area contributed by atoms with Gasteiger partial charge in [-0.1, -0.05) is 20.3 Å². The first kappa shape index (κ1) is 17.8. The lowest BCUT2D eigenvalue weighted by atomic mass is 9.85. The summed E-state index contributed by atoms with van der Waals surface area (Å²) >= 11 is 1.83. The van der Waals surface area contributed by atoms with E-state index in [1.165, 1.54) is 0 Å². The predicted molar refractivity (Wildman–Crippen MR) is 84.2 cm³/mol. The van der Waals surface area contributed by atoms with Gasteiger partial charge in [-0.3, -0.25) is 4.79 Å². The number of aliphatic hydroxyl groups is 1. The fourth-order valence-electron chi connectivity index (χ4n) is 2.97. The molecule has 1 aliphatic rings. The molecular weight excluding hydrogens is 274 g/mol. The second-order valence-electron chi connectivity index (χ2n) is 5.94. The molecule has 20 heavy (non-hydrogen) atoms. The predicted octanol–water partition coefficient (Wildman–Crippen LogP) is 2.36. The third kappa shape index (κ3) is 4.64. The Labute approximate surface area is 126 Å². The lowest BCUT2D eigenvalue weighted by Gasteiger charge is -2.32. The second kappa shape index (κ2) is 8.90. The van der Waals surface area contributed by atoms with Crippen molar-refractivity contribution < 1.29 is 15.0 Å². The molecule has 0 bridgehead atoms. The van der Waals surface area contributed by atoms with E-state index in [-0.39, 0.29) is 12.5 Å². The Morgan fingerprint density at radius 3 is 2.90 bits per heavy atom. The second-order valence-corrected chi connectivity index (χ2v) is 7.09. The fraction of sp³-hybridized carbons (Fsp3) is 0.933. The van der Waals surface area contributed by atoms with Crippen LogP contribution in [-0.2, 0) is 4.79 Å². The molecule has 0 aliphatic heterocycles. The maximum absolute atomic E-state index is 11.7. The summed E-state index contributed by atoms with van der Waals surface area (Å²) in [6, 6.07) is 0. The molecule has 0 aromatic carbocycles. The van der Waals surface area contributed by atoms with Gasteiger partial charge in [-0.25, -0.2) is 0 Å². The van der Waals surface area contributed by atoms with Crippen LogP contribution >= 0.6 is 11.8 Å². The molecule has 1 saturated carbocycles. The average Bonchev–Trinajstić information content (AvgIpc) is 2.85. The Hall–Kier alpha value is -0.260. The number of nitrogens with one attached hydrogen (secondary N) is 1. The van der Waals surface area contributed by atoms with E-state index in [0.717, 1.165) is 50.2 Å². The smallest absolute Gasteiger partial charge is 0.324 e. The van der Waals surface area contributed by atoms with Crippen LogP contribution in [0, 0.1) is 11.8 Å². The summed E-state index contributed by atoms with van der Waals surface area (Å²) < 4.78 is 0. The molecule has 3 unspecified atom stereocenters. The molecule has 0 aromatic heterocycles. The summed E-state index contributed by atoms with van der Waals surface area (Å²) in [6.07, 6.45) is 4.69. The van der Waals surface area contributed by atoms with Gasteiger partial charge in [0.05, 0.1) is 0 Å². The summed E-state index contributed by atoms with van der Waals surface area (Å²) in [5.74, 6) is 1.82. The number of carbonyl (C=O) groups is 1. The van der Waals surface area contributed by atoms with Crippen molar-refractivity contribution in [2.45, 2.75) is 51.5 Å². The number of aliphatic carboxylic acids is 1. The van der Waals surface area contributed by atoms with Gasteiger partial charge in [-0.05, 0) is 55.6 Å². The fourth-order valence-corrected chi connectivity index (χ4v) is 4.09. The standard InChI is InChI=1S/C15H29NO3S/c1-3-8-16-15(14(18)19)7-4-5-13(15)6-9-20-11-12(2)10-17/h12-13,16-17H,3-11H2,1-2H3,(H,18,19). The molecule has 1 fully saturated rings. The van der Waals surface area contributed by atoms with Gasteiger partial charge in [0, 0.05) is 6.61 Å². The zero-order chi connectivity index (χ0) is 15.0. The normalized spacial score (nSPS) is 27.6. The third-order valence-electron chi connectivity index (χ3n) is 4.22. The third-order valence-corrected chi connectivity index (χ3v) is 5.55. The quantitative estimate of drug-likeness (QED) is 0.541. The van der Waals surface area contributed by atoms with Crippen molar-refractivity contribution in [3.05, 3.63) is 0 Å². The van der Waals surface area contributed by atoms with E-state index in [4.69, 9.17) is 5.11 Å². The van der Waals surface area contributed by atoms with Crippen molar-refractivity contribution in [3.8, 4) is 0 Å². The van der Waals surface area contributed by atoms with Gasteiger partial charge in [0.15, 0.2) is 0 Å². The number of rotatable bonds is 10. The molecule has 0 saturated heterocycles. The average molecular weight is 303 g/mol. The van der Waals surface area contributed by atoms with Crippen molar-refractivity contribution in [1.82, 2.24) is 5.32 Å².